The van der Waals surface area contributed by atoms with Gasteiger partial charge >= 0.3 is 0 Å². The van der Waals surface area contributed by atoms with Crippen LogP contribution in [0.3, 0.4) is 0 Å². The van der Waals surface area contributed by atoms with Crippen LogP contribution in [0.5, 0.6) is 0 Å². The van der Waals surface area contributed by atoms with Crippen molar-refractivity contribution < 1.29 is 0 Å². The summed E-state index contributed by atoms with van der Waals surface area (Å²) in [6.45, 7) is 4.07. The van der Waals surface area contributed by atoms with Gasteiger partial charge in [0.15, 0.2) is 0 Å². The molecule has 0 radical (unpaired) electrons. The van der Waals surface area contributed by atoms with E-state index < -0.39 is 0 Å². The maximum atomic E-state index is 5.91. The minimum Gasteiger partial charge on any atom is -0.324 e. The third kappa shape index (κ3) is 1.68. The molecule has 2 N–H and O–H groups in total. The van der Waals surface area contributed by atoms with E-state index in [0.29, 0.717) is 0 Å². The van der Waals surface area contributed by atoms with Gasteiger partial charge in [0.1, 0.15) is 10.3 Å². The van der Waals surface area contributed by atoms with E-state index in [1.807, 2.05) is 29.7 Å². The second kappa shape index (κ2) is 3.94. The summed E-state index contributed by atoms with van der Waals surface area (Å²) in [5, 5.41) is 0. The molecule has 2 aromatic heterocycles. The number of pyridine rings is 1. The molecule has 0 spiro atoms. The van der Waals surface area contributed by atoms with Crippen molar-refractivity contribution in [3.05, 3.63) is 34.2 Å². The molecule has 2 aromatic rings. The lowest BCUT2D eigenvalue weighted by molar-refractivity contribution is 0.816. The van der Waals surface area contributed by atoms with Crippen LogP contribution in [-0.4, -0.2) is 9.38 Å². The fourth-order valence-corrected chi connectivity index (χ4v) is 2.34. The number of nitrogens with two attached hydrogens (primary N) is 1. The third-order valence-electron chi connectivity index (χ3n) is 2.51. The van der Waals surface area contributed by atoms with Crippen LogP contribution >= 0.6 is 15.9 Å². The molecule has 0 saturated heterocycles. The number of nitrogens with zero attached hydrogens (tertiary/aromatic N) is 2. The molecule has 0 fully saturated rings. The number of rotatable bonds is 2. The van der Waals surface area contributed by atoms with E-state index in [2.05, 4.69) is 27.8 Å². The van der Waals surface area contributed by atoms with E-state index in [0.717, 1.165) is 27.9 Å². The van der Waals surface area contributed by atoms with Gasteiger partial charge in [0.2, 0.25) is 0 Å². The zero-order chi connectivity index (χ0) is 11.0. The zero-order valence-electron chi connectivity index (χ0n) is 8.87. The molecule has 1 unspecified atom stereocenters. The lowest BCUT2D eigenvalue weighted by Gasteiger charge is -2.06. The zero-order valence-corrected chi connectivity index (χ0v) is 10.5. The van der Waals surface area contributed by atoms with Crippen molar-refractivity contribution in [3.63, 3.8) is 0 Å². The van der Waals surface area contributed by atoms with Gasteiger partial charge in [0.05, 0.1) is 5.69 Å². The first-order valence-corrected chi connectivity index (χ1v) is 5.85. The van der Waals surface area contributed by atoms with Crippen molar-refractivity contribution in [1.29, 1.82) is 0 Å². The number of imidazole rings is 1. The van der Waals surface area contributed by atoms with Crippen LogP contribution in [0.4, 0.5) is 0 Å². The van der Waals surface area contributed by atoms with Crippen molar-refractivity contribution in [2.75, 3.05) is 0 Å². The molecule has 3 nitrogen and oxygen atoms in total. The Morgan fingerprint density at radius 1 is 1.60 bits per heavy atom. The highest BCUT2D eigenvalue weighted by Crippen LogP contribution is 2.23. The Morgan fingerprint density at radius 2 is 2.33 bits per heavy atom. The summed E-state index contributed by atoms with van der Waals surface area (Å²) in [5.74, 6) is 0. The Kier molecular flexibility index (Phi) is 2.80. The average Bonchev–Trinajstić information content (AvgIpc) is 2.55. The monoisotopic (exact) mass is 267 g/mol. The number of hydrogen-bond donors (Lipinski definition) is 1. The van der Waals surface area contributed by atoms with Crippen LogP contribution in [0.25, 0.3) is 5.65 Å². The number of halogens is 1. The number of aryl methyl sites for hydroxylation is 1. The van der Waals surface area contributed by atoms with Gasteiger partial charge in [0.25, 0.3) is 0 Å². The summed E-state index contributed by atoms with van der Waals surface area (Å²) in [6, 6.07) is 4.03. The van der Waals surface area contributed by atoms with Gasteiger partial charge in [0, 0.05) is 17.8 Å². The molecule has 0 amide bonds. The van der Waals surface area contributed by atoms with E-state index >= 15 is 0 Å². The summed E-state index contributed by atoms with van der Waals surface area (Å²) in [4.78, 5) is 4.59. The maximum absolute atomic E-state index is 5.91. The minimum absolute atomic E-state index is 0.00714. The summed E-state index contributed by atoms with van der Waals surface area (Å²) in [5.41, 5.74) is 9.02. The van der Waals surface area contributed by atoms with Gasteiger partial charge in [-0.05, 0) is 35.3 Å². The molecule has 2 rings (SSSR count). The molecule has 0 aliphatic carbocycles. The Hall–Kier alpha value is -0.870. The van der Waals surface area contributed by atoms with Gasteiger partial charge in [-0.2, -0.15) is 0 Å². The van der Waals surface area contributed by atoms with Gasteiger partial charge < -0.3 is 5.73 Å². The SMILES string of the molecule is CCc1nc2c(C(C)N)cccn2c1Br. The van der Waals surface area contributed by atoms with E-state index in [1.165, 1.54) is 0 Å². The first-order valence-electron chi connectivity index (χ1n) is 5.06. The molecular weight excluding hydrogens is 254 g/mol. The van der Waals surface area contributed by atoms with Crippen LogP contribution in [0.15, 0.2) is 22.9 Å². The van der Waals surface area contributed by atoms with Crippen LogP contribution in [0.2, 0.25) is 0 Å². The minimum atomic E-state index is 0.00714. The lowest BCUT2D eigenvalue weighted by atomic mass is 10.1. The third-order valence-corrected chi connectivity index (χ3v) is 3.35. The first-order chi connectivity index (χ1) is 7.15. The predicted molar refractivity (Wildman–Crippen MR) is 64.9 cm³/mol. The van der Waals surface area contributed by atoms with Crippen molar-refractivity contribution in [2.45, 2.75) is 26.3 Å². The lowest BCUT2D eigenvalue weighted by Crippen LogP contribution is -2.06. The molecule has 0 saturated carbocycles. The highest BCUT2D eigenvalue weighted by Gasteiger charge is 2.12. The van der Waals surface area contributed by atoms with E-state index in [-0.39, 0.29) is 6.04 Å². The molecule has 2 heterocycles. The topological polar surface area (TPSA) is 43.3 Å². The molecule has 0 aromatic carbocycles. The number of hydrogen-bond acceptors (Lipinski definition) is 2. The smallest absolute Gasteiger partial charge is 0.142 e. The maximum Gasteiger partial charge on any atom is 0.142 e. The molecule has 0 bridgehead atoms. The highest BCUT2D eigenvalue weighted by atomic mass is 79.9. The van der Waals surface area contributed by atoms with Crippen LogP contribution in [0.1, 0.15) is 31.1 Å². The number of fused-ring (bicyclic) bond motifs is 1. The van der Waals surface area contributed by atoms with E-state index in [4.69, 9.17) is 5.73 Å². The first kappa shape index (κ1) is 10.6. The second-order valence-corrected chi connectivity index (χ2v) is 4.40. The molecular formula is C11H14BrN3. The Morgan fingerprint density at radius 3 is 2.93 bits per heavy atom. The predicted octanol–water partition coefficient (Wildman–Crippen LogP) is 2.68. The fraction of sp³-hybridized carbons (Fsp3) is 0.364. The van der Waals surface area contributed by atoms with Gasteiger partial charge in [-0.25, -0.2) is 4.98 Å². The Labute approximate surface area is 97.4 Å². The average molecular weight is 268 g/mol. The highest BCUT2D eigenvalue weighted by molar-refractivity contribution is 9.10. The molecule has 4 heteroatoms. The number of aromatic nitrogens is 2. The van der Waals surface area contributed by atoms with Gasteiger partial charge in [-0.15, -0.1) is 0 Å². The normalized spacial score (nSPS) is 13.3. The van der Waals surface area contributed by atoms with Crippen LogP contribution < -0.4 is 5.73 Å². The molecule has 0 aliphatic heterocycles. The van der Waals surface area contributed by atoms with Gasteiger partial charge in [-0.3, -0.25) is 4.40 Å². The van der Waals surface area contributed by atoms with Crippen LogP contribution in [-0.2, 0) is 6.42 Å². The van der Waals surface area contributed by atoms with Gasteiger partial charge in [-0.1, -0.05) is 13.0 Å². The summed E-state index contributed by atoms with van der Waals surface area (Å²) < 4.78 is 3.07. The molecule has 1 atom stereocenters. The Balaban J connectivity index is 2.76. The largest absolute Gasteiger partial charge is 0.324 e. The van der Waals surface area contributed by atoms with Crippen molar-refractivity contribution >= 4 is 21.6 Å². The van der Waals surface area contributed by atoms with E-state index in [1.54, 1.807) is 0 Å². The molecule has 0 aliphatic rings. The molecule has 15 heavy (non-hydrogen) atoms. The summed E-state index contributed by atoms with van der Waals surface area (Å²) >= 11 is 3.55. The van der Waals surface area contributed by atoms with Crippen LogP contribution in [0, 0.1) is 0 Å². The van der Waals surface area contributed by atoms with Crippen molar-refractivity contribution in [1.82, 2.24) is 9.38 Å². The molecule has 80 valence electrons. The quantitative estimate of drug-likeness (QED) is 0.909. The Bertz CT molecular complexity index is 488. The summed E-state index contributed by atoms with van der Waals surface area (Å²) in [6.07, 6.45) is 2.91. The fourth-order valence-electron chi connectivity index (χ4n) is 1.69. The van der Waals surface area contributed by atoms with Crippen molar-refractivity contribution in [2.24, 2.45) is 5.73 Å². The summed E-state index contributed by atoms with van der Waals surface area (Å²) in [7, 11) is 0. The standard InChI is InChI=1S/C11H14BrN3/c1-3-9-10(12)15-6-4-5-8(7(2)13)11(15)14-9/h4-7H,3,13H2,1-2H3. The van der Waals surface area contributed by atoms with Crippen molar-refractivity contribution in [3.8, 4) is 0 Å². The van der Waals surface area contributed by atoms with E-state index in [9.17, 15) is 0 Å². The second-order valence-electron chi connectivity index (χ2n) is 3.65.